The number of fused-ring (bicyclic) bond motifs is 2. The number of phenols is 4. The van der Waals surface area contributed by atoms with Crippen LogP contribution >= 0.6 is 10.7 Å². The smallest absolute Gasteiger partial charge is 0.353 e. The van der Waals surface area contributed by atoms with E-state index >= 15 is 0 Å². The van der Waals surface area contributed by atoms with E-state index in [0.717, 1.165) is 23.6 Å². The number of benzene rings is 4. The van der Waals surface area contributed by atoms with Crippen LogP contribution in [0.3, 0.4) is 0 Å². The van der Waals surface area contributed by atoms with Crippen molar-refractivity contribution in [2.45, 2.75) is 6.92 Å². The van der Waals surface area contributed by atoms with Crippen molar-refractivity contribution in [1.29, 1.82) is 0 Å². The van der Waals surface area contributed by atoms with E-state index in [1.807, 2.05) is 24.3 Å². The molecule has 0 aliphatic heterocycles. The summed E-state index contributed by atoms with van der Waals surface area (Å²) in [6.45, 7) is 1.24. The lowest BCUT2D eigenvalue weighted by molar-refractivity contribution is -0.131. The normalized spacial score (nSPS) is 11.2. The molecule has 0 unspecified atom stereocenters. The first-order valence-electron chi connectivity index (χ1n) is 13.9. The predicted octanol–water partition coefficient (Wildman–Crippen LogP) is 6.25. The molecule has 0 atom stereocenters. The van der Waals surface area contributed by atoms with Crippen molar-refractivity contribution >= 4 is 63.7 Å². The highest BCUT2D eigenvalue weighted by atomic mass is 35.7. The summed E-state index contributed by atoms with van der Waals surface area (Å²) in [5.74, 6) is -0.249. The van der Waals surface area contributed by atoms with Crippen molar-refractivity contribution in [2.24, 2.45) is 0 Å². The van der Waals surface area contributed by atoms with Gasteiger partial charge in [-0.3, -0.25) is 4.79 Å². The maximum Gasteiger partial charge on any atom is 0.353 e. The van der Waals surface area contributed by atoms with Crippen LogP contribution in [0.25, 0.3) is 44.6 Å². The third kappa shape index (κ3) is 9.91. The maximum atomic E-state index is 11.3. The largest absolute Gasteiger partial charge is 0.507 e. The molecule has 4 N–H and O–H groups in total. The quantitative estimate of drug-likeness (QED) is 0.0503. The Morgan fingerprint density at radius 1 is 0.640 bits per heavy atom. The minimum atomic E-state index is -3.84. The van der Waals surface area contributed by atoms with Crippen LogP contribution in [0.5, 0.6) is 28.7 Å². The zero-order valence-electron chi connectivity index (χ0n) is 26.1. The van der Waals surface area contributed by atoms with Crippen LogP contribution in [-0.4, -0.2) is 61.7 Å². The molecule has 0 amide bonds. The van der Waals surface area contributed by atoms with Crippen LogP contribution in [0.4, 0.5) is 0 Å². The summed E-state index contributed by atoms with van der Waals surface area (Å²) in [5.41, 5.74) is 2.00. The minimum Gasteiger partial charge on any atom is -0.507 e. The van der Waals surface area contributed by atoms with E-state index in [1.165, 1.54) is 55.5 Å². The van der Waals surface area contributed by atoms with Crippen molar-refractivity contribution < 1.29 is 64.6 Å². The van der Waals surface area contributed by atoms with E-state index in [9.17, 15) is 46.9 Å². The van der Waals surface area contributed by atoms with Gasteiger partial charge in [0.2, 0.25) is 9.05 Å². The third-order valence-corrected chi connectivity index (χ3v) is 6.77. The van der Waals surface area contributed by atoms with Gasteiger partial charge in [-0.1, -0.05) is 24.3 Å². The van der Waals surface area contributed by atoms with Crippen molar-refractivity contribution in [3.63, 3.8) is 0 Å². The van der Waals surface area contributed by atoms with Crippen LogP contribution in [0.1, 0.15) is 17.3 Å². The Kier molecular flexibility index (Phi) is 11.0. The molecule has 6 aromatic rings. The highest BCUT2D eigenvalue weighted by Gasteiger charge is 2.16. The molecule has 2 heterocycles. The predicted molar refractivity (Wildman–Crippen MR) is 182 cm³/mol. The molecule has 4 aromatic carbocycles. The van der Waals surface area contributed by atoms with E-state index < -0.39 is 31.1 Å². The molecular formula is C33H27ClO14S2. The van der Waals surface area contributed by atoms with Gasteiger partial charge in [-0.2, -0.15) is 8.42 Å². The second-order valence-electron chi connectivity index (χ2n) is 10.4. The maximum absolute atomic E-state index is 11.3. The molecule has 0 spiro atoms. The van der Waals surface area contributed by atoms with Crippen LogP contribution in [0, 0.1) is 0 Å². The number of phenolic OH excluding ortho intramolecular Hbond substituents is 4. The summed E-state index contributed by atoms with van der Waals surface area (Å²) < 4.78 is 60.5. The first kappa shape index (κ1) is 37.1. The number of hydrogen-bond acceptors (Lipinski definition) is 14. The minimum absolute atomic E-state index is 0.0290. The van der Waals surface area contributed by atoms with Crippen molar-refractivity contribution in [2.75, 3.05) is 12.5 Å². The number of aromatic hydroxyl groups is 4. The zero-order valence-corrected chi connectivity index (χ0v) is 28.5. The number of carbonyl (C=O) groups excluding carboxylic acids is 2. The molecule has 6 rings (SSSR count). The van der Waals surface area contributed by atoms with Gasteiger partial charge in [0, 0.05) is 28.7 Å². The van der Waals surface area contributed by atoms with Crippen LogP contribution in [-0.2, 0) is 28.1 Å². The van der Waals surface area contributed by atoms with Crippen molar-refractivity contribution in [3.05, 3.63) is 90.5 Å². The SMILES string of the molecule is CC(=O)Oc1ccc(C(=O)OS(C)(=O)=O)cc1.CS(=O)(=O)Cl.Oc1ccc(O)c2oc(-c3ccc(-c4cc5c(O)ccc(O)c5o4)cc3)cc12. The van der Waals surface area contributed by atoms with Crippen molar-refractivity contribution in [3.8, 4) is 51.4 Å². The van der Waals surface area contributed by atoms with Gasteiger partial charge in [-0.15, -0.1) is 0 Å². The van der Waals surface area contributed by atoms with Gasteiger partial charge in [0.1, 0.15) is 28.8 Å². The van der Waals surface area contributed by atoms with E-state index in [-0.39, 0.29) is 45.5 Å². The van der Waals surface area contributed by atoms with Gasteiger partial charge in [0.15, 0.2) is 22.7 Å². The first-order chi connectivity index (χ1) is 23.3. The lowest BCUT2D eigenvalue weighted by atomic mass is 10.1. The van der Waals surface area contributed by atoms with E-state index in [1.54, 1.807) is 12.1 Å². The van der Waals surface area contributed by atoms with Crippen LogP contribution in [0.15, 0.2) is 93.8 Å². The Morgan fingerprint density at radius 2 is 1.02 bits per heavy atom. The highest BCUT2D eigenvalue weighted by molar-refractivity contribution is 8.13. The summed E-state index contributed by atoms with van der Waals surface area (Å²) in [4.78, 5) is 21.9. The summed E-state index contributed by atoms with van der Waals surface area (Å²) in [5, 5.41) is 40.6. The first-order valence-corrected chi connectivity index (χ1v) is 18.4. The Bertz CT molecular complexity index is 2220. The lowest BCUT2D eigenvalue weighted by Gasteiger charge is -2.03. The molecule has 50 heavy (non-hydrogen) atoms. The van der Waals surface area contributed by atoms with Gasteiger partial charge < -0.3 is 38.2 Å². The Balaban J connectivity index is 0.000000218. The van der Waals surface area contributed by atoms with E-state index in [4.69, 9.17) is 13.6 Å². The molecule has 0 saturated carbocycles. The fourth-order valence-corrected chi connectivity index (χ4v) is 4.65. The number of halogens is 1. The second-order valence-corrected chi connectivity index (χ2v) is 15.0. The number of furan rings is 2. The Morgan fingerprint density at radius 3 is 1.36 bits per heavy atom. The number of rotatable bonds is 5. The number of esters is 1. The third-order valence-electron chi connectivity index (χ3n) is 6.31. The molecule has 0 aliphatic carbocycles. The molecule has 17 heteroatoms. The molecule has 0 bridgehead atoms. The van der Waals surface area contributed by atoms with Crippen LogP contribution < -0.4 is 4.74 Å². The molecule has 0 radical (unpaired) electrons. The van der Waals surface area contributed by atoms with Gasteiger partial charge in [-0.25, -0.2) is 13.2 Å². The average Bonchev–Trinajstić information content (AvgIpc) is 3.68. The molecule has 0 fully saturated rings. The van der Waals surface area contributed by atoms with E-state index in [0.29, 0.717) is 22.3 Å². The van der Waals surface area contributed by atoms with Gasteiger partial charge >= 0.3 is 22.1 Å². The molecule has 2 aromatic heterocycles. The molecule has 14 nitrogen and oxygen atoms in total. The second kappa shape index (κ2) is 14.8. The topological polar surface area (TPSA) is 228 Å². The molecule has 262 valence electrons. The summed E-state index contributed by atoms with van der Waals surface area (Å²) in [6, 6.07) is 21.5. The number of carbonyl (C=O) groups is 2. The fourth-order valence-electron chi connectivity index (χ4n) is 4.28. The number of ether oxygens (including phenoxy) is 1. The highest BCUT2D eigenvalue weighted by Crippen LogP contribution is 2.40. The standard InChI is InChI=1S/C22H14O6.C10H10O6S.CH3ClO2S/c23-15-5-7-17(25)21-13(15)9-19(27-21)11-1-2-12(4-3-11)20-10-14-16(24)6-8-18(26)22(14)28-20;1-7(11)15-9-5-3-8(4-6-9)10(12)16-17(2,13)14;1-5(2,3)4/h1-10,23-26H;3-6H,1-2H3;1H3. The van der Waals surface area contributed by atoms with Gasteiger partial charge in [0.05, 0.1) is 28.8 Å². The fraction of sp³-hybridized carbons (Fsp3) is 0.0909. The van der Waals surface area contributed by atoms with E-state index in [2.05, 4.69) is 14.9 Å². The molecule has 0 aliphatic rings. The zero-order chi connectivity index (χ0) is 37.0. The monoisotopic (exact) mass is 746 g/mol. The molecule has 0 saturated heterocycles. The van der Waals surface area contributed by atoms with Gasteiger partial charge in [-0.05, 0) is 60.7 Å². The van der Waals surface area contributed by atoms with Crippen molar-refractivity contribution in [1.82, 2.24) is 0 Å². The number of hydrogen-bond donors (Lipinski definition) is 4. The van der Waals surface area contributed by atoms with Crippen LogP contribution in [0.2, 0.25) is 0 Å². The summed E-state index contributed by atoms with van der Waals surface area (Å²) in [7, 11) is -2.53. The molecular weight excluding hydrogens is 720 g/mol. The Hall–Kier alpha value is -5.71. The Labute approximate surface area is 288 Å². The van der Waals surface area contributed by atoms with Gasteiger partial charge in [0.25, 0.3) is 0 Å². The summed E-state index contributed by atoms with van der Waals surface area (Å²) in [6.07, 6.45) is 1.70. The summed E-state index contributed by atoms with van der Waals surface area (Å²) >= 11 is 0. The average molecular weight is 747 g/mol. The lowest BCUT2D eigenvalue weighted by Crippen LogP contribution is -2.11.